The number of methoxy groups -OCH3 is 2. The number of halogens is 2. The van der Waals surface area contributed by atoms with Crippen LogP contribution in [0.2, 0.25) is 10.0 Å². The van der Waals surface area contributed by atoms with Gasteiger partial charge in [0.25, 0.3) is 0 Å². The van der Waals surface area contributed by atoms with Crippen LogP contribution in [0.3, 0.4) is 0 Å². The van der Waals surface area contributed by atoms with E-state index in [1.165, 1.54) is 7.11 Å². The predicted molar refractivity (Wildman–Crippen MR) is 136 cm³/mol. The van der Waals surface area contributed by atoms with E-state index < -0.39 is 0 Å². The fraction of sp³-hybridized carbons (Fsp3) is 0.160. The Labute approximate surface area is 210 Å². The number of fused-ring (bicyclic) bond motifs is 2. The number of aromatic nitrogens is 3. The van der Waals surface area contributed by atoms with E-state index >= 15 is 0 Å². The number of anilines is 1. The van der Waals surface area contributed by atoms with Gasteiger partial charge < -0.3 is 19.2 Å². The third-order valence-electron chi connectivity index (χ3n) is 5.57. The molecule has 178 valence electrons. The summed E-state index contributed by atoms with van der Waals surface area (Å²) in [5, 5.41) is 13.6. The van der Waals surface area contributed by atoms with Gasteiger partial charge in [-0.25, -0.2) is 4.68 Å². The molecule has 10 heteroatoms. The van der Waals surface area contributed by atoms with E-state index in [0.717, 1.165) is 16.9 Å². The highest BCUT2D eigenvalue weighted by Crippen LogP contribution is 2.31. The van der Waals surface area contributed by atoms with Crippen LogP contribution in [0.5, 0.6) is 11.5 Å². The number of hydrogen-bond donors (Lipinski definition) is 1. The molecule has 0 radical (unpaired) electrons. The van der Waals surface area contributed by atoms with Gasteiger partial charge in [-0.1, -0.05) is 34.5 Å². The lowest BCUT2D eigenvalue weighted by Gasteiger charge is -2.10. The molecular formula is C25H20Cl2N4O4. The zero-order valence-electron chi connectivity index (χ0n) is 18.8. The molecule has 0 fully saturated rings. The molecule has 0 amide bonds. The largest absolute Gasteiger partial charge is 0.496 e. The summed E-state index contributed by atoms with van der Waals surface area (Å²) in [7, 11) is 3.05. The Morgan fingerprint density at radius 1 is 1.03 bits per heavy atom. The fourth-order valence-electron chi connectivity index (χ4n) is 3.82. The Hall–Kier alpha value is -3.75. The van der Waals surface area contributed by atoms with Gasteiger partial charge in [0.2, 0.25) is 5.43 Å². The lowest BCUT2D eigenvalue weighted by Crippen LogP contribution is -2.06. The Morgan fingerprint density at radius 2 is 1.89 bits per heavy atom. The van der Waals surface area contributed by atoms with E-state index in [1.54, 1.807) is 48.2 Å². The van der Waals surface area contributed by atoms with Crippen molar-refractivity contribution in [1.82, 2.24) is 15.0 Å². The fourth-order valence-corrected chi connectivity index (χ4v) is 4.29. The van der Waals surface area contributed by atoms with Crippen molar-refractivity contribution in [2.24, 2.45) is 0 Å². The van der Waals surface area contributed by atoms with Crippen LogP contribution >= 0.6 is 23.2 Å². The number of ether oxygens (including phenoxy) is 2. The number of nitrogens with zero attached hydrogens (tertiary/aromatic N) is 3. The number of benzene rings is 3. The second-order valence-electron chi connectivity index (χ2n) is 7.84. The summed E-state index contributed by atoms with van der Waals surface area (Å²) in [5.74, 6) is 0.937. The molecule has 2 aromatic heterocycles. The summed E-state index contributed by atoms with van der Waals surface area (Å²) in [6.45, 7) is 0.888. The van der Waals surface area contributed by atoms with Crippen molar-refractivity contribution < 1.29 is 13.9 Å². The first-order valence-corrected chi connectivity index (χ1v) is 11.4. The van der Waals surface area contributed by atoms with Crippen molar-refractivity contribution in [3.63, 3.8) is 0 Å². The van der Waals surface area contributed by atoms with E-state index in [0.29, 0.717) is 56.6 Å². The van der Waals surface area contributed by atoms with E-state index in [2.05, 4.69) is 15.6 Å². The van der Waals surface area contributed by atoms with Gasteiger partial charge in [-0.15, -0.1) is 5.10 Å². The smallest absolute Gasteiger partial charge is 0.204 e. The van der Waals surface area contributed by atoms with Crippen LogP contribution in [-0.2, 0) is 13.1 Å². The summed E-state index contributed by atoms with van der Waals surface area (Å²) in [5.41, 5.74) is 3.05. The van der Waals surface area contributed by atoms with Gasteiger partial charge in [0.1, 0.15) is 33.7 Å². The van der Waals surface area contributed by atoms with Crippen molar-refractivity contribution in [3.05, 3.63) is 86.3 Å². The second kappa shape index (κ2) is 9.48. The topological polar surface area (TPSA) is 91.4 Å². The molecule has 3 aromatic carbocycles. The molecule has 0 spiro atoms. The number of hydrogen-bond acceptors (Lipinski definition) is 7. The van der Waals surface area contributed by atoms with Gasteiger partial charge in [-0.05, 0) is 35.9 Å². The first-order chi connectivity index (χ1) is 16.9. The molecule has 5 rings (SSSR count). The van der Waals surface area contributed by atoms with Gasteiger partial charge in [0, 0.05) is 27.9 Å². The van der Waals surface area contributed by atoms with Gasteiger partial charge in [0.15, 0.2) is 0 Å². The first kappa shape index (κ1) is 23.0. The van der Waals surface area contributed by atoms with Crippen LogP contribution < -0.4 is 20.2 Å². The highest BCUT2D eigenvalue weighted by Gasteiger charge is 2.15. The first-order valence-electron chi connectivity index (χ1n) is 10.6. The van der Waals surface area contributed by atoms with Crippen molar-refractivity contribution in [3.8, 4) is 11.5 Å². The van der Waals surface area contributed by atoms with Crippen molar-refractivity contribution in [2.45, 2.75) is 13.1 Å². The van der Waals surface area contributed by atoms with Crippen molar-refractivity contribution in [2.75, 3.05) is 19.5 Å². The number of nitrogens with one attached hydrogen (secondary N) is 1. The zero-order valence-corrected chi connectivity index (χ0v) is 20.4. The third kappa shape index (κ3) is 4.62. The van der Waals surface area contributed by atoms with Crippen LogP contribution in [0, 0.1) is 0 Å². The summed E-state index contributed by atoms with van der Waals surface area (Å²) in [6.07, 6.45) is 1.83. The van der Waals surface area contributed by atoms with Crippen LogP contribution in [0.1, 0.15) is 11.3 Å². The molecule has 8 nitrogen and oxygen atoms in total. The molecule has 0 bridgehead atoms. The molecule has 0 aliphatic carbocycles. The SMILES string of the molecule is COc1cc(OC)c2c(=O)c3cc(NCc4cn(Cc5ccc(Cl)cc5Cl)nn4)ccc3oc2c1. The number of rotatable bonds is 7. The Kier molecular flexibility index (Phi) is 6.23. The molecule has 0 atom stereocenters. The molecule has 0 unspecified atom stereocenters. The van der Waals surface area contributed by atoms with Crippen LogP contribution in [0.4, 0.5) is 5.69 Å². The Morgan fingerprint density at radius 3 is 2.66 bits per heavy atom. The van der Waals surface area contributed by atoms with Crippen LogP contribution in [-0.4, -0.2) is 29.2 Å². The Bertz CT molecular complexity index is 1610. The molecule has 0 saturated carbocycles. The van der Waals surface area contributed by atoms with Crippen molar-refractivity contribution >= 4 is 50.8 Å². The van der Waals surface area contributed by atoms with E-state index in [1.807, 2.05) is 18.3 Å². The summed E-state index contributed by atoms with van der Waals surface area (Å²) < 4.78 is 18.4. The highest BCUT2D eigenvalue weighted by molar-refractivity contribution is 6.35. The van der Waals surface area contributed by atoms with Gasteiger partial charge in [0.05, 0.1) is 38.9 Å². The third-order valence-corrected chi connectivity index (χ3v) is 6.16. The van der Waals surface area contributed by atoms with Gasteiger partial charge >= 0.3 is 0 Å². The second-order valence-corrected chi connectivity index (χ2v) is 8.69. The van der Waals surface area contributed by atoms with E-state index in [4.69, 9.17) is 37.1 Å². The van der Waals surface area contributed by atoms with Gasteiger partial charge in [-0.3, -0.25) is 4.79 Å². The molecule has 35 heavy (non-hydrogen) atoms. The minimum atomic E-state index is -0.185. The molecule has 1 N–H and O–H groups in total. The van der Waals surface area contributed by atoms with Crippen LogP contribution in [0.15, 0.2) is 63.9 Å². The molecule has 0 aliphatic rings. The van der Waals surface area contributed by atoms with E-state index in [9.17, 15) is 4.79 Å². The molecule has 0 saturated heterocycles. The molecule has 0 aliphatic heterocycles. The minimum absolute atomic E-state index is 0.185. The summed E-state index contributed by atoms with van der Waals surface area (Å²) in [6, 6.07) is 14.0. The average molecular weight is 511 g/mol. The lowest BCUT2D eigenvalue weighted by atomic mass is 10.1. The maximum absolute atomic E-state index is 13.3. The quantitative estimate of drug-likeness (QED) is 0.288. The average Bonchev–Trinajstić information content (AvgIpc) is 3.31. The van der Waals surface area contributed by atoms with E-state index in [-0.39, 0.29) is 5.43 Å². The standard InChI is InChI=1S/C25H20Cl2N4O4/c1-33-18-9-22(34-2)24-23(10-18)35-21-6-5-16(8-19(21)25(24)32)28-11-17-13-31(30-29-17)12-14-3-4-15(26)7-20(14)27/h3-10,13,28H,11-12H2,1-2H3. The highest BCUT2D eigenvalue weighted by atomic mass is 35.5. The molecule has 2 heterocycles. The maximum atomic E-state index is 13.3. The summed E-state index contributed by atoms with van der Waals surface area (Å²) in [4.78, 5) is 13.3. The molecule has 5 aromatic rings. The minimum Gasteiger partial charge on any atom is -0.496 e. The lowest BCUT2D eigenvalue weighted by molar-refractivity contribution is 0.396. The van der Waals surface area contributed by atoms with Gasteiger partial charge in [-0.2, -0.15) is 0 Å². The monoisotopic (exact) mass is 510 g/mol. The predicted octanol–water partition coefficient (Wildman–Crippen LogP) is 5.52. The Balaban J connectivity index is 1.38. The van der Waals surface area contributed by atoms with Crippen LogP contribution in [0.25, 0.3) is 21.9 Å². The zero-order chi connectivity index (χ0) is 24.5. The summed E-state index contributed by atoms with van der Waals surface area (Å²) >= 11 is 12.2. The normalized spacial score (nSPS) is 11.2. The molecular weight excluding hydrogens is 491 g/mol. The maximum Gasteiger partial charge on any atom is 0.204 e. The van der Waals surface area contributed by atoms with Crippen molar-refractivity contribution in [1.29, 1.82) is 0 Å².